The number of hydrogen-bond donors (Lipinski definition) is 1. The summed E-state index contributed by atoms with van der Waals surface area (Å²) < 4.78 is 2.81. The average molecular weight is 375 g/mol. The maximum absolute atomic E-state index is 12.7. The summed E-state index contributed by atoms with van der Waals surface area (Å²) in [5.41, 5.74) is 4.93. The van der Waals surface area contributed by atoms with Crippen molar-refractivity contribution in [2.45, 2.75) is 6.92 Å². The third-order valence-corrected chi connectivity index (χ3v) is 4.80. The van der Waals surface area contributed by atoms with E-state index >= 15 is 0 Å². The summed E-state index contributed by atoms with van der Waals surface area (Å²) in [6.45, 7) is 1.86. The van der Waals surface area contributed by atoms with E-state index in [1.165, 1.54) is 34.7 Å². The monoisotopic (exact) mass is 375 g/mol. The van der Waals surface area contributed by atoms with Gasteiger partial charge in [-0.25, -0.2) is 19.3 Å². The molecule has 27 heavy (non-hydrogen) atoms. The summed E-state index contributed by atoms with van der Waals surface area (Å²) in [5, 5.41) is 16.4. The van der Waals surface area contributed by atoms with E-state index in [-0.39, 0.29) is 5.56 Å². The standard InChI is InChI=1S/C18H13N7OS/c1-12-10-27-17(23-12)13(7-19)8-21-24-11-20-16-15(18(24)26)9-22-25(16)14-5-3-2-4-6-14/h2-6,8-11,21H,1H3/b13-8+. The molecule has 0 atom stereocenters. The van der Waals surface area contributed by atoms with E-state index in [1.807, 2.05) is 42.6 Å². The van der Waals surface area contributed by atoms with Crippen molar-refractivity contribution in [1.82, 2.24) is 24.4 Å². The van der Waals surface area contributed by atoms with Crippen molar-refractivity contribution in [2.24, 2.45) is 0 Å². The molecule has 0 spiro atoms. The maximum atomic E-state index is 12.7. The zero-order valence-electron chi connectivity index (χ0n) is 14.2. The molecule has 0 unspecified atom stereocenters. The average Bonchev–Trinajstić information content (AvgIpc) is 3.31. The van der Waals surface area contributed by atoms with Crippen LogP contribution in [0.5, 0.6) is 0 Å². The fourth-order valence-corrected chi connectivity index (χ4v) is 3.28. The lowest BCUT2D eigenvalue weighted by molar-refractivity contribution is 0.856. The SMILES string of the molecule is Cc1csc(/C(C#N)=C/Nn2cnc3c(cnn3-c3ccccc3)c2=O)n1. The minimum atomic E-state index is -0.314. The minimum absolute atomic E-state index is 0.314. The quantitative estimate of drug-likeness (QED) is 0.550. The second-order valence-electron chi connectivity index (χ2n) is 5.64. The van der Waals surface area contributed by atoms with Crippen LogP contribution in [0.2, 0.25) is 0 Å². The Labute approximate surface area is 157 Å². The summed E-state index contributed by atoms with van der Waals surface area (Å²) in [7, 11) is 0. The van der Waals surface area contributed by atoms with Crippen LogP contribution in [0.4, 0.5) is 0 Å². The van der Waals surface area contributed by atoms with Crippen LogP contribution in [-0.4, -0.2) is 24.4 Å². The lowest BCUT2D eigenvalue weighted by atomic mass is 10.3. The van der Waals surface area contributed by atoms with Gasteiger partial charge in [0, 0.05) is 17.3 Å². The van der Waals surface area contributed by atoms with Crippen LogP contribution < -0.4 is 11.0 Å². The Kier molecular flexibility index (Phi) is 4.24. The van der Waals surface area contributed by atoms with Crippen molar-refractivity contribution in [3.63, 3.8) is 0 Å². The highest BCUT2D eigenvalue weighted by molar-refractivity contribution is 7.10. The number of nitrogens with one attached hydrogen (secondary N) is 1. The first-order valence-corrected chi connectivity index (χ1v) is 8.85. The van der Waals surface area contributed by atoms with Crippen LogP contribution in [0.25, 0.3) is 22.3 Å². The van der Waals surface area contributed by atoms with E-state index in [9.17, 15) is 10.1 Å². The Balaban J connectivity index is 1.70. The number of hydrogen-bond acceptors (Lipinski definition) is 7. The lowest BCUT2D eigenvalue weighted by Gasteiger charge is -2.06. The molecule has 1 aromatic carbocycles. The molecule has 0 bridgehead atoms. The van der Waals surface area contributed by atoms with Crippen LogP contribution in [0.3, 0.4) is 0 Å². The highest BCUT2D eigenvalue weighted by Crippen LogP contribution is 2.18. The predicted octanol–water partition coefficient (Wildman–Crippen LogP) is 2.46. The third-order valence-electron chi connectivity index (χ3n) is 3.81. The first-order valence-electron chi connectivity index (χ1n) is 7.97. The first-order chi connectivity index (χ1) is 13.2. The Hall–Kier alpha value is -3.77. The first kappa shape index (κ1) is 16.7. The predicted molar refractivity (Wildman–Crippen MR) is 103 cm³/mol. The van der Waals surface area contributed by atoms with E-state index < -0.39 is 0 Å². The number of nitrogens with zero attached hydrogens (tertiary/aromatic N) is 6. The Morgan fingerprint density at radius 1 is 1.33 bits per heavy atom. The van der Waals surface area contributed by atoms with Gasteiger partial charge in [-0.2, -0.15) is 10.4 Å². The molecule has 9 heteroatoms. The van der Waals surface area contributed by atoms with Gasteiger partial charge in [-0.05, 0) is 19.1 Å². The normalized spacial score (nSPS) is 11.5. The van der Waals surface area contributed by atoms with Crippen molar-refractivity contribution in [1.29, 1.82) is 5.26 Å². The molecule has 0 aliphatic rings. The van der Waals surface area contributed by atoms with Gasteiger partial charge < -0.3 is 0 Å². The van der Waals surface area contributed by atoms with Crippen molar-refractivity contribution in [3.8, 4) is 11.8 Å². The number of rotatable bonds is 4. The van der Waals surface area contributed by atoms with Crippen LogP contribution >= 0.6 is 11.3 Å². The second-order valence-corrected chi connectivity index (χ2v) is 6.50. The number of allylic oxidation sites excluding steroid dienone is 1. The molecular weight excluding hydrogens is 362 g/mol. The van der Waals surface area contributed by atoms with Crippen LogP contribution in [0, 0.1) is 18.3 Å². The van der Waals surface area contributed by atoms with E-state index in [4.69, 9.17) is 0 Å². The summed E-state index contributed by atoms with van der Waals surface area (Å²) in [6.07, 6.45) is 4.29. The van der Waals surface area contributed by atoms with E-state index in [1.54, 1.807) is 4.68 Å². The molecule has 4 aromatic rings. The molecule has 0 saturated heterocycles. The highest BCUT2D eigenvalue weighted by atomic mass is 32.1. The van der Waals surface area contributed by atoms with Crippen LogP contribution in [0.1, 0.15) is 10.7 Å². The van der Waals surface area contributed by atoms with Gasteiger partial charge in [0.25, 0.3) is 5.56 Å². The number of benzene rings is 1. The van der Waals surface area contributed by atoms with Crippen LogP contribution in [0.15, 0.2) is 59.2 Å². The van der Waals surface area contributed by atoms with Crippen molar-refractivity contribution < 1.29 is 0 Å². The molecule has 0 radical (unpaired) electrons. The number of fused-ring (bicyclic) bond motifs is 1. The molecule has 3 heterocycles. The molecule has 4 rings (SSSR count). The summed E-state index contributed by atoms with van der Waals surface area (Å²) in [5.74, 6) is 0. The molecule has 0 fully saturated rings. The Morgan fingerprint density at radius 3 is 2.85 bits per heavy atom. The summed E-state index contributed by atoms with van der Waals surface area (Å²) >= 11 is 1.37. The molecule has 8 nitrogen and oxygen atoms in total. The maximum Gasteiger partial charge on any atom is 0.283 e. The smallest absolute Gasteiger partial charge is 0.283 e. The van der Waals surface area contributed by atoms with Gasteiger partial charge in [-0.1, -0.05) is 18.2 Å². The van der Waals surface area contributed by atoms with Gasteiger partial charge in [0.1, 0.15) is 28.4 Å². The molecule has 1 N–H and O–H groups in total. The van der Waals surface area contributed by atoms with Gasteiger partial charge in [0.15, 0.2) is 5.65 Å². The van der Waals surface area contributed by atoms with Gasteiger partial charge in [-0.15, -0.1) is 11.3 Å². The highest BCUT2D eigenvalue weighted by Gasteiger charge is 2.11. The Morgan fingerprint density at radius 2 is 2.15 bits per heavy atom. The Bertz CT molecular complexity index is 1240. The second kappa shape index (κ2) is 6.86. The zero-order chi connectivity index (χ0) is 18.8. The number of nitriles is 1. The molecule has 132 valence electrons. The number of para-hydroxylation sites is 1. The third kappa shape index (κ3) is 3.09. The van der Waals surface area contributed by atoms with Crippen molar-refractivity contribution in [3.05, 3.63) is 75.5 Å². The number of thiazole rings is 1. The van der Waals surface area contributed by atoms with Crippen molar-refractivity contribution >= 4 is 27.9 Å². The largest absolute Gasteiger partial charge is 0.296 e. The van der Waals surface area contributed by atoms with Gasteiger partial charge >= 0.3 is 0 Å². The van der Waals surface area contributed by atoms with E-state index in [2.05, 4.69) is 26.6 Å². The molecular formula is C18H13N7OS. The van der Waals surface area contributed by atoms with Gasteiger partial charge in [-0.3, -0.25) is 10.2 Å². The molecule has 3 aromatic heterocycles. The molecule has 0 saturated carbocycles. The summed E-state index contributed by atoms with van der Waals surface area (Å²) in [6, 6.07) is 11.5. The van der Waals surface area contributed by atoms with Crippen LogP contribution in [-0.2, 0) is 0 Å². The van der Waals surface area contributed by atoms with Crippen molar-refractivity contribution in [2.75, 3.05) is 5.43 Å². The zero-order valence-corrected chi connectivity index (χ0v) is 15.0. The topological polar surface area (TPSA) is 101 Å². The van der Waals surface area contributed by atoms with E-state index in [0.717, 1.165) is 11.4 Å². The van der Waals surface area contributed by atoms with Gasteiger partial charge in [0.2, 0.25) is 0 Å². The fraction of sp³-hybridized carbons (Fsp3) is 0.0556. The van der Waals surface area contributed by atoms with Gasteiger partial charge in [0.05, 0.1) is 11.9 Å². The minimum Gasteiger partial charge on any atom is -0.296 e. The molecule has 0 aliphatic carbocycles. The number of aryl methyl sites for hydroxylation is 1. The lowest BCUT2D eigenvalue weighted by Crippen LogP contribution is -2.26. The molecule has 0 aliphatic heterocycles. The molecule has 0 amide bonds. The summed E-state index contributed by atoms with van der Waals surface area (Å²) in [4.78, 5) is 21.3. The fourth-order valence-electron chi connectivity index (χ4n) is 2.52. The van der Waals surface area contributed by atoms with E-state index in [0.29, 0.717) is 21.6 Å². The number of aromatic nitrogens is 5.